The second-order valence-electron chi connectivity index (χ2n) is 10.1. The fourth-order valence-electron chi connectivity index (χ4n) is 5.40. The van der Waals surface area contributed by atoms with Crippen molar-refractivity contribution in [3.05, 3.63) is 34.9 Å². The van der Waals surface area contributed by atoms with E-state index in [2.05, 4.69) is 5.32 Å². The second-order valence-corrected chi connectivity index (χ2v) is 10.5. The number of hydrogen-bond acceptors (Lipinski definition) is 4. The number of nitrogens with one attached hydrogen (secondary N) is 1. The summed E-state index contributed by atoms with van der Waals surface area (Å²) in [6.07, 6.45) is 3.54. The van der Waals surface area contributed by atoms with Gasteiger partial charge in [0.1, 0.15) is 6.04 Å². The highest BCUT2D eigenvalue weighted by Gasteiger charge is 2.62. The van der Waals surface area contributed by atoms with Gasteiger partial charge in [-0.25, -0.2) is 0 Å². The molecule has 4 atom stereocenters. The summed E-state index contributed by atoms with van der Waals surface area (Å²) in [5.74, 6) is -0.490. The summed E-state index contributed by atoms with van der Waals surface area (Å²) in [4.78, 5) is 28.0. The van der Waals surface area contributed by atoms with E-state index in [0.29, 0.717) is 43.8 Å². The molecule has 0 aromatic heterocycles. The van der Waals surface area contributed by atoms with Crippen molar-refractivity contribution >= 4 is 23.4 Å². The van der Waals surface area contributed by atoms with Crippen molar-refractivity contribution in [2.75, 3.05) is 13.1 Å². The minimum atomic E-state index is -0.967. The Morgan fingerprint density at radius 2 is 1.84 bits per heavy atom. The lowest BCUT2D eigenvalue weighted by Crippen LogP contribution is -2.58. The third-order valence-electron chi connectivity index (χ3n) is 7.61. The summed E-state index contributed by atoms with van der Waals surface area (Å²) >= 11 is 6.03. The standard InChI is InChI=1S/C24H33ClN2O4/c1-15(2)20(26-21(29)16-3-8-19(28)13-16)22(30)27-12-11-24(31,23(14-27)9-10-23)17-4-6-18(25)7-5-17/h4-7,15-16,19-20,28,31H,3,8-14H2,1-2H3,(H,26,29)/t16-,19-,20?,24?/m1/s1. The zero-order chi connectivity index (χ0) is 22.4. The maximum Gasteiger partial charge on any atom is 0.245 e. The van der Waals surface area contributed by atoms with Crippen LogP contribution in [-0.2, 0) is 15.2 Å². The monoisotopic (exact) mass is 448 g/mol. The average molecular weight is 449 g/mol. The summed E-state index contributed by atoms with van der Waals surface area (Å²) in [7, 11) is 0. The maximum absolute atomic E-state index is 13.4. The lowest BCUT2D eigenvalue weighted by Gasteiger charge is -2.47. The van der Waals surface area contributed by atoms with Gasteiger partial charge in [0.2, 0.25) is 11.8 Å². The first-order chi connectivity index (χ1) is 14.6. The van der Waals surface area contributed by atoms with Gasteiger partial charge < -0.3 is 20.4 Å². The van der Waals surface area contributed by atoms with Gasteiger partial charge in [0.05, 0.1) is 11.7 Å². The maximum atomic E-state index is 13.4. The Morgan fingerprint density at radius 3 is 2.39 bits per heavy atom. The van der Waals surface area contributed by atoms with Crippen LogP contribution in [0.4, 0.5) is 0 Å². The molecular formula is C24H33ClN2O4. The molecule has 1 aromatic rings. The molecule has 0 bridgehead atoms. The second kappa shape index (κ2) is 8.38. The van der Waals surface area contributed by atoms with E-state index < -0.39 is 17.7 Å². The number of piperidine rings is 1. The molecule has 1 heterocycles. The predicted molar refractivity (Wildman–Crippen MR) is 118 cm³/mol. The summed E-state index contributed by atoms with van der Waals surface area (Å²) in [6.45, 7) is 4.81. The number of carbonyl (C=O) groups is 2. The van der Waals surface area contributed by atoms with Crippen molar-refractivity contribution in [3.8, 4) is 0 Å². The third kappa shape index (κ3) is 4.22. The number of amides is 2. The number of aliphatic hydroxyl groups excluding tert-OH is 1. The molecule has 3 N–H and O–H groups in total. The van der Waals surface area contributed by atoms with Crippen LogP contribution in [0.2, 0.25) is 5.02 Å². The van der Waals surface area contributed by atoms with Crippen molar-refractivity contribution in [3.63, 3.8) is 0 Å². The van der Waals surface area contributed by atoms with E-state index in [9.17, 15) is 19.8 Å². The Hall–Kier alpha value is -1.63. The van der Waals surface area contributed by atoms with Crippen LogP contribution in [0.5, 0.6) is 0 Å². The molecular weight excluding hydrogens is 416 g/mol. The number of hydrogen-bond donors (Lipinski definition) is 3. The summed E-state index contributed by atoms with van der Waals surface area (Å²) in [6, 6.07) is 6.77. The quantitative estimate of drug-likeness (QED) is 0.646. The average Bonchev–Trinajstić information content (AvgIpc) is 3.38. The van der Waals surface area contributed by atoms with Gasteiger partial charge in [-0.15, -0.1) is 0 Å². The first-order valence-corrected chi connectivity index (χ1v) is 11.8. The number of benzene rings is 1. The Kier molecular flexibility index (Phi) is 6.10. The molecule has 2 unspecified atom stereocenters. The molecule has 170 valence electrons. The third-order valence-corrected chi connectivity index (χ3v) is 7.86. The predicted octanol–water partition coefficient (Wildman–Crippen LogP) is 2.84. The number of rotatable bonds is 5. The van der Waals surface area contributed by atoms with E-state index >= 15 is 0 Å². The van der Waals surface area contributed by atoms with Crippen LogP contribution < -0.4 is 5.32 Å². The number of nitrogens with zero attached hydrogens (tertiary/aromatic N) is 1. The highest BCUT2D eigenvalue weighted by Crippen LogP contribution is 2.62. The van der Waals surface area contributed by atoms with Crippen molar-refractivity contribution in [2.45, 2.75) is 70.1 Å². The molecule has 4 rings (SSSR count). The van der Waals surface area contributed by atoms with Crippen LogP contribution in [0.1, 0.15) is 57.9 Å². The molecule has 2 saturated carbocycles. The fraction of sp³-hybridized carbons (Fsp3) is 0.667. The van der Waals surface area contributed by atoms with Crippen LogP contribution in [0, 0.1) is 17.3 Å². The largest absolute Gasteiger partial charge is 0.393 e. The number of aliphatic hydroxyl groups is 2. The highest BCUT2D eigenvalue weighted by molar-refractivity contribution is 6.30. The lowest BCUT2D eigenvalue weighted by atomic mass is 9.73. The van der Waals surface area contributed by atoms with Crippen molar-refractivity contribution in [1.82, 2.24) is 10.2 Å². The van der Waals surface area contributed by atoms with E-state index in [1.165, 1.54) is 0 Å². The van der Waals surface area contributed by atoms with E-state index in [1.807, 2.05) is 30.9 Å². The van der Waals surface area contributed by atoms with Crippen molar-refractivity contribution in [2.24, 2.45) is 17.3 Å². The van der Waals surface area contributed by atoms with Crippen LogP contribution in [0.3, 0.4) is 0 Å². The summed E-state index contributed by atoms with van der Waals surface area (Å²) in [5.41, 5.74) is -0.448. The zero-order valence-corrected chi connectivity index (χ0v) is 19.1. The smallest absolute Gasteiger partial charge is 0.245 e. The normalized spacial score (nSPS) is 30.5. The summed E-state index contributed by atoms with van der Waals surface area (Å²) < 4.78 is 0. The van der Waals surface area contributed by atoms with Gasteiger partial charge >= 0.3 is 0 Å². The summed E-state index contributed by atoms with van der Waals surface area (Å²) in [5, 5.41) is 25.0. The minimum absolute atomic E-state index is 0.0463. The molecule has 2 amide bonds. The molecule has 1 saturated heterocycles. The highest BCUT2D eigenvalue weighted by atomic mass is 35.5. The molecule has 6 nitrogen and oxygen atoms in total. The van der Waals surface area contributed by atoms with Gasteiger partial charge in [0.25, 0.3) is 0 Å². The van der Waals surface area contributed by atoms with E-state index in [0.717, 1.165) is 18.4 Å². The minimum Gasteiger partial charge on any atom is -0.393 e. The molecule has 1 aromatic carbocycles. The molecule has 3 aliphatic rings. The first kappa shape index (κ1) is 22.6. The van der Waals surface area contributed by atoms with E-state index in [4.69, 9.17) is 11.6 Å². The van der Waals surface area contributed by atoms with Gasteiger partial charge in [-0.2, -0.15) is 0 Å². The first-order valence-electron chi connectivity index (χ1n) is 11.4. The number of halogens is 1. The number of carbonyl (C=O) groups excluding carboxylic acids is 2. The Bertz CT molecular complexity index is 838. The topological polar surface area (TPSA) is 89.9 Å². The SMILES string of the molecule is CC(C)C(NC(=O)[C@@H]1CC[C@@H](O)C1)C(=O)N1CCC(O)(c2ccc(Cl)cc2)C2(CC2)C1. The van der Waals surface area contributed by atoms with Crippen LogP contribution >= 0.6 is 11.6 Å². The van der Waals surface area contributed by atoms with Crippen LogP contribution in [0.15, 0.2) is 24.3 Å². The van der Waals surface area contributed by atoms with Crippen molar-refractivity contribution < 1.29 is 19.8 Å². The lowest BCUT2D eigenvalue weighted by molar-refractivity contribution is -0.149. The molecule has 1 aliphatic heterocycles. The Balaban J connectivity index is 1.46. The van der Waals surface area contributed by atoms with E-state index in [-0.39, 0.29) is 29.1 Å². The molecule has 0 radical (unpaired) electrons. The van der Waals surface area contributed by atoms with Gasteiger partial charge in [-0.3, -0.25) is 9.59 Å². The molecule has 3 fully saturated rings. The van der Waals surface area contributed by atoms with Gasteiger partial charge in [-0.1, -0.05) is 37.6 Å². The van der Waals surface area contributed by atoms with Crippen LogP contribution in [0.25, 0.3) is 0 Å². The molecule has 1 spiro atoms. The molecule has 31 heavy (non-hydrogen) atoms. The van der Waals surface area contributed by atoms with Gasteiger partial charge in [0, 0.05) is 29.4 Å². The van der Waals surface area contributed by atoms with E-state index in [1.54, 1.807) is 12.1 Å². The molecule has 7 heteroatoms. The van der Waals surface area contributed by atoms with Crippen molar-refractivity contribution in [1.29, 1.82) is 0 Å². The zero-order valence-electron chi connectivity index (χ0n) is 18.3. The van der Waals surface area contributed by atoms with Crippen LogP contribution in [-0.4, -0.2) is 52.2 Å². The Labute approximate surface area is 189 Å². The Morgan fingerprint density at radius 1 is 1.16 bits per heavy atom. The molecule has 2 aliphatic carbocycles. The number of likely N-dealkylation sites (tertiary alicyclic amines) is 1. The van der Waals surface area contributed by atoms with Gasteiger partial charge in [-0.05, 0) is 62.1 Å². The fourth-order valence-corrected chi connectivity index (χ4v) is 5.53. The van der Waals surface area contributed by atoms with Gasteiger partial charge in [0.15, 0.2) is 0 Å².